The summed E-state index contributed by atoms with van der Waals surface area (Å²) in [5, 5.41) is 6.70. The van der Waals surface area contributed by atoms with Crippen LogP contribution in [0.2, 0.25) is 5.15 Å². The van der Waals surface area contributed by atoms with Gasteiger partial charge in [0.15, 0.2) is 0 Å². The lowest BCUT2D eigenvalue weighted by atomic mass is 9.95. The Morgan fingerprint density at radius 2 is 2.04 bits per heavy atom. The molecule has 1 fully saturated rings. The van der Waals surface area contributed by atoms with Crippen LogP contribution in [0.5, 0.6) is 0 Å². The van der Waals surface area contributed by atoms with Crippen LogP contribution in [0.4, 0.5) is 16.6 Å². The Labute approximate surface area is 179 Å². The first-order chi connectivity index (χ1) is 12.6. The Balaban J connectivity index is 2.22. The molecule has 4 atom stereocenters. The van der Waals surface area contributed by atoms with E-state index in [2.05, 4.69) is 57.0 Å². The van der Waals surface area contributed by atoms with Gasteiger partial charge >= 0.3 is 6.16 Å². The summed E-state index contributed by atoms with van der Waals surface area (Å²) in [5.41, 5.74) is -0.594. The SMILES string of the molecule is CC[C@H]1C[C@@H](Nc2nc(NC)nc(Cl)c2I)[C@H](OC(=O)OC(C)(C)C)[C@@H]1C. The van der Waals surface area contributed by atoms with E-state index in [-0.39, 0.29) is 18.1 Å². The summed E-state index contributed by atoms with van der Waals surface area (Å²) in [6.45, 7) is 9.73. The van der Waals surface area contributed by atoms with Gasteiger partial charge in [-0.15, -0.1) is 0 Å². The molecule has 0 radical (unpaired) electrons. The maximum atomic E-state index is 12.2. The number of nitrogens with zero attached hydrogens (tertiary/aromatic N) is 2. The average Bonchev–Trinajstić information content (AvgIpc) is 2.85. The Morgan fingerprint density at radius 3 is 2.59 bits per heavy atom. The van der Waals surface area contributed by atoms with Crippen molar-refractivity contribution < 1.29 is 14.3 Å². The lowest BCUT2D eigenvalue weighted by molar-refractivity contribution is -0.0366. The molecule has 0 bridgehead atoms. The fourth-order valence-electron chi connectivity index (χ4n) is 3.37. The third-order valence-electron chi connectivity index (χ3n) is 4.72. The zero-order chi connectivity index (χ0) is 20.4. The van der Waals surface area contributed by atoms with Crippen molar-refractivity contribution in [2.75, 3.05) is 17.7 Å². The predicted molar refractivity (Wildman–Crippen MR) is 115 cm³/mol. The number of nitrogens with one attached hydrogen (secondary N) is 2. The lowest BCUT2D eigenvalue weighted by Crippen LogP contribution is -2.38. The normalized spacial score (nSPS) is 25.2. The minimum atomic E-state index is -0.644. The molecule has 1 aliphatic rings. The molecule has 9 heteroatoms. The van der Waals surface area contributed by atoms with Gasteiger partial charge in [-0.05, 0) is 61.6 Å². The molecule has 1 aliphatic carbocycles. The van der Waals surface area contributed by atoms with Crippen LogP contribution in [0, 0.1) is 15.4 Å². The number of hydrogen-bond donors (Lipinski definition) is 2. The second-order valence-corrected chi connectivity index (χ2v) is 9.25. The van der Waals surface area contributed by atoms with Gasteiger partial charge in [-0.2, -0.15) is 9.97 Å². The van der Waals surface area contributed by atoms with Gasteiger partial charge in [0.2, 0.25) is 5.95 Å². The number of ether oxygens (including phenoxy) is 2. The van der Waals surface area contributed by atoms with E-state index in [0.717, 1.165) is 16.4 Å². The summed E-state index contributed by atoms with van der Waals surface area (Å²) in [6.07, 6.45) is 0.927. The highest BCUT2D eigenvalue weighted by atomic mass is 127. The van der Waals surface area contributed by atoms with Gasteiger partial charge in [0.1, 0.15) is 22.7 Å². The fraction of sp³-hybridized carbons (Fsp3) is 0.722. The molecule has 7 nitrogen and oxygen atoms in total. The summed E-state index contributed by atoms with van der Waals surface area (Å²) in [7, 11) is 1.74. The molecular weight excluding hydrogens is 483 g/mol. The molecule has 0 unspecified atom stereocenters. The molecule has 0 amide bonds. The Morgan fingerprint density at radius 1 is 1.37 bits per heavy atom. The minimum absolute atomic E-state index is 0.0818. The van der Waals surface area contributed by atoms with E-state index in [1.54, 1.807) is 7.05 Å². The number of halogens is 2. The maximum Gasteiger partial charge on any atom is 0.509 e. The van der Waals surface area contributed by atoms with Gasteiger partial charge in [-0.25, -0.2) is 4.79 Å². The standard InChI is InChI=1S/C18H28ClIN4O3/c1-7-10-8-11(13(9(10)2)26-17(25)27-18(3,4)5)22-15-12(20)14(19)23-16(21-6)24-15/h9-11,13H,7-8H2,1-6H3,(H2,21,22,23,24)/t9-,10+,11-,13-/m1/s1. The zero-order valence-corrected chi connectivity index (χ0v) is 19.5. The molecule has 1 aromatic rings. The molecular formula is C18H28ClIN4O3. The Bertz CT molecular complexity index is 683. The summed E-state index contributed by atoms with van der Waals surface area (Å²) >= 11 is 8.33. The number of anilines is 2. The summed E-state index contributed by atoms with van der Waals surface area (Å²) in [4.78, 5) is 20.9. The maximum absolute atomic E-state index is 12.2. The Kier molecular flexibility index (Phi) is 7.40. The minimum Gasteiger partial charge on any atom is -0.429 e. The van der Waals surface area contributed by atoms with Gasteiger partial charge in [-0.1, -0.05) is 31.9 Å². The highest BCUT2D eigenvalue weighted by Gasteiger charge is 2.43. The molecule has 152 valence electrons. The van der Waals surface area contributed by atoms with E-state index in [9.17, 15) is 4.79 Å². The van der Waals surface area contributed by atoms with E-state index in [1.807, 2.05) is 20.8 Å². The predicted octanol–water partition coefficient (Wildman–Crippen LogP) is 4.94. The molecule has 1 saturated carbocycles. The van der Waals surface area contributed by atoms with Crippen molar-refractivity contribution in [2.24, 2.45) is 11.8 Å². The van der Waals surface area contributed by atoms with Crippen molar-refractivity contribution in [3.8, 4) is 0 Å². The van der Waals surface area contributed by atoms with E-state index < -0.39 is 11.8 Å². The first-order valence-electron chi connectivity index (χ1n) is 9.12. The third kappa shape index (κ3) is 5.73. The largest absolute Gasteiger partial charge is 0.509 e. The van der Waals surface area contributed by atoms with E-state index in [0.29, 0.717) is 22.8 Å². The highest BCUT2D eigenvalue weighted by Crippen LogP contribution is 2.39. The molecule has 2 rings (SSSR count). The van der Waals surface area contributed by atoms with Crippen molar-refractivity contribution in [1.82, 2.24) is 9.97 Å². The summed E-state index contributed by atoms with van der Waals surface area (Å²) < 4.78 is 11.8. The number of carbonyl (C=O) groups excluding carboxylic acids is 1. The molecule has 1 heterocycles. The second kappa shape index (κ2) is 8.98. The summed E-state index contributed by atoms with van der Waals surface area (Å²) in [6, 6.07) is -0.0818. The molecule has 0 saturated heterocycles. The number of carbonyl (C=O) groups is 1. The lowest BCUT2D eigenvalue weighted by Gasteiger charge is -2.27. The van der Waals surface area contributed by atoms with Gasteiger partial charge in [0.25, 0.3) is 0 Å². The van der Waals surface area contributed by atoms with Crippen LogP contribution in [0.1, 0.15) is 47.5 Å². The third-order valence-corrected chi connectivity index (χ3v) is 6.33. The van der Waals surface area contributed by atoms with Crippen LogP contribution < -0.4 is 10.6 Å². The fourth-order valence-corrected chi connectivity index (χ4v) is 3.93. The van der Waals surface area contributed by atoms with Crippen molar-refractivity contribution in [3.63, 3.8) is 0 Å². The number of hydrogen-bond acceptors (Lipinski definition) is 7. The van der Waals surface area contributed by atoms with Crippen molar-refractivity contribution in [2.45, 2.75) is 65.2 Å². The molecule has 1 aromatic heterocycles. The van der Waals surface area contributed by atoms with Gasteiger partial charge in [-0.3, -0.25) is 0 Å². The Hall–Kier alpha value is -1.03. The number of aromatic nitrogens is 2. The topological polar surface area (TPSA) is 85.4 Å². The van der Waals surface area contributed by atoms with Gasteiger partial charge in [0.05, 0.1) is 9.61 Å². The monoisotopic (exact) mass is 510 g/mol. The summed E-state index contributed by atoms with van der Waals surface area (Å²) in [5.74, 6) is 1.71. The highest BCUT2D eigenvalue weighted by molar-refractivity contribution is 14.1. The van der Waals surface area contributed by atoms with Crippen molar-refractivity contribution in [3.05, 3.63) is 8.72 Å². The van der Waals surface area contributed by atoms with Gasteiger partial charge in [0, 0.05) is 7.05 Å². The smallest absolute Gasteiger partial charge is 0.429 e. The molecule has 2 N–H and O–H groups in total. The van der Waals surface area contributed by atoms with Crippen LogP contribution >= 0.6 is 34.2 Å². The van der Waals surface area contributed by atoms with Crippen molar-refractivity contribution >= 4 is 52.1 Å². The van der Waals surface area contributed by atoms with Crippen molar-refractivity contribution in [1.29, 1.82) is 0 Å². The van der Waals surface area contributed by atoms with Crippen LogP contribution in [-0.4, -0.2) is 40.9 Å². The van der Waals surface area contributed by atoms with Crippen LogP contribution in [0.25, 0.3) is 0 Å². The molecule has 0 aliphatic heterocycles. The van der Waals surface area contributed by atoms with E-state index in [1.165, 1.54) is 0 Å². The molecule has 0 spiro atoms. The van der Waals surface area contributed by atoms with Crippen LogP contribution in [-0.2, 0) is 9.47 Å². The quantitative estimate of drug-likeness (QED) is 0.329. The number of rotatable bonds is 5. The molecule has 27 heavy (non-hydrogen) atoms. The van der Waals surface area contributed by atoms with Crippen LogP contribution in [0.3, 0.4) is 0 Å². The average molecular weight is 511 g/mol. The molecule has 0 aromatic carbocycles. The van der Waals surface area contributed by atoms with E-state index in [4.69, 9.17) is 21.1 Å². The first-order valence-corrected chi connectivity index (χ1v) is 10.6. The second-order valence-electron chi connectivity index (χ2n) is 7.81. The van der Waals surface area contributed by atoms with Gasteiger partial charge < -0.3 is 20.1 Å². The first kappa shape index (κ1) is 22.3. The zero-order valence-electron chi connectivity index (χ0n) is 16.6. The van der Waals surface area contributed by atoms with E-state index >= 15 is 0 Å². The van der Waals surface area contributed by atoms with Crippen LogP contribution in [0.15, 0.2) is 0 Å².